The average Bonchev–Trinajstić information content (AvgIpc) is 2.51. The number of nitrogens with zero attached hydrogens (tertiary/aromatic N) is 1. The summed E-state index contributed by atoms with van der Waals surface area (Å²) in [6.07, 6.45) is 1.46. The lowest BCUT2D eigenvalue weighted by atomic mass is 10.1. The van der Waals surface area contributed by atoms with Crippen LogP contribution in [0.4, 0.5) is 10.1 Å². The standard InChI is InChI=1S/C16H14FN3O2/c1-11-4-2-3-5-12(11)10-18-20-16(22)15(21)19-14-8-6-13(17)7-9-14/h2-10H,1H3,(H,19,21)(H,20,22)/b18-10+. The van der Waals surface area contributed by atoms with Crippen molar-refractivity contribution in [1.29, 1.82) is 0 Å². The Labute approximate surface area is 126 Å². The summed E-state index contributed by atoms with van der Waals surface area (Å²) >= 11 is 0. The van der Waals surface area contributed by atoms with Gasteiger partial charge >= 0.3 is 11.8 Å². The Bertz CT molecular complexity index is 712. The summed E-state index contributed by atoms with van der Waals surface area (Å²) in [4.78, 5) is 23.2. The second-order valence-corrected chi connectivity index (χ2v) is 4.52. The van der Waals surface area contributed by atoms with Gasteiger partial charge in [0, 0.05) is 5.69 Å². The van der Waals surface area contributed by atoms with Gasteiger partial charge in [-0.3, -0.25) is 9.59 Å². The summed E-state index contributed by atoms with van der Waals surface area (Å²) in [5.74, 6) is -2.21. The molecule has 0 spiro atoms. The number of halogens is 1. The lowest BCUT2D eigenvalue weighted by molar-refractivity contribution is -0.136. The minimum atomic E-state index is -0.908. The zero-order valence-electron chi connectivity index (χ0n) is 11.8. The fourth-order valence-electron chi connectivity index (χ4n) is 1.66. The molecule has 2 rings (SSSR count). The van der Waals surface area contributed by atoms with Gasteiger partial charge in [-0.1, -0.05) is 24.3 Å². The molecule has 2 aromatic carbocycles. The van der Waals surface area contributed by atoms with Crippen molar-refractivity contribution in [2.75, 3.05) is 5.32 Å². The minimum absolute atomic E-state index is 0.324. The third-order valence-corrected chi connectivity index (χ3v) is 2.87. The smallest absolute Gasteiger partial charge is 0.318 e. The molecule has 0 fully saturated rings. The van der Waals surface area contributed by atoms with Gasteiger partial charge in [-0.2, -0.15) is 5.10 Å². The molecular weight excluding hydrogens is 285 g/mol. The molecule has 0 radical (unpaired) electrons. The fraction of sp³-hybridized carbons (Fsp3) is 0.0625. The van der Waals surface area contributed by atoms with E-state index in [1.54, 1.807) is 0 Å². The van der Waals surface area contributed by atoms with E-state index in [1.807, 2.05) is 31.2 Å². The van der Waals surface area contributed by atoms with Crippen LogP contribution in [0.25, 0.3) is 0 Å². The predicted octanol–water partition coefficient (Wildman–Crippen LogP) is 2.22. The number of amides is 2. The first-order valence-corrected chi connectivity index (χ1v) is 6.52. The lowest BCUT2D eigenvalue weighted by Gasteiger charge is -2.03. The molecule has 0 unspecified atom stereocenters. The SMILES string of the molecule is Cc1ccccc1/C=N/NC(=O)C(=O)Nc1ccc(F)cc1. The molecule has 6 heteroatoms. The Kier molecular flexibility index (Phi) is 4.98. The maximum Gasteiger partial charge on any atom is 0.329 e. The summed E-state index contributed by atoms with van der Waals surface area (Å²) in [6.45, 7) is 1.91. The number of anilines is 1. The van der Waals surface area contributed by atoms with Gasteiger partial charge in [-0.05, 0) is 42.3 Å². The Morgan fingerprint density at radius 3 is 2.41 bits per heavy atom. The van der Waals surface area contributed by atoms with Crippen molar-refractivity contribution >= 4 is 23.7 Å². The maximum absolute atomic E-state index is 12.7. The van der Waals surface area contributed by atoms with E-state index in [4.69, 9.17) is 0 Å². The monoisotopic (exact) mass is 299 g/mol. The summed E-state index contributed by atoms with van der Waals surface area (Å²) in [6, 6.07) is 12.6. The van der Waals surface area contributed by atoms with Crippen LogP contribution in [0.15, 0.2) is 53.6 Å². The van der Waals surface area contributed by atoms with Gasteiger partial charge in [0.1, 0.15) is 5.82 Å². The highest BCUT2D eigenvalue weighted by Crippen LogP contribution is 2.07. The number of hydrazone groups is 1. The zero-order chi connectivity index (χ0) is 15.9. The summed E-state index contributed by atoms with van der Waals surface area (Å²) in [5.41, 5.74) is 4.29. The molecule has 0 saturated heterocycles. The van der Waals surface area contributed by atoms with Crippen molar-refractivity contribution in [3.8, 4) is 0 Å². The van der Waals surface area contributed by atoms with Crippen LogP contribution in [0.2, 0.25) is 0 Å². The predicted molar refractivity (Wildman–Crippen MR) is 81.9 cm³/mol. The van der Waals surface area contributed by atoms with Gasteiger partial charge in [-0.15, -0.1) is 0 Å². The molecule has 22 heavy (non-hydrogen) atoms. The van der Waals surface area contributed by atoms with E-state index in [2.05, 4.69) is 15.8 Å². The van der Waals surface area contributed by atoms with E-state index in [-0.39, 0.29) is 0 Å². The first kappa shape index (κ1) is 15.4. The topological polar surface area (TPSA) is 70.6 Å². The molecule has 112 valence electrons. The number of carbonyl (C=O) groups excluding carboxylic acids is 2. The molecule has 0 heterocycles. The molecular formula is C16H14FN3O2. The van der Waals surface area contributed by atoms with Crippen LogP contribution in [-0.2, 0) is 9.59 Å². The maximum atomic E-state index is 12.7. The first-order valence-electron chi connectivity index (χ1n) is 6.52. The third kappa shape index (κ3) is 4.24. The molecule has 5 nitrogen and oxygen atoms in total. The molecule has 0 saturated carbocycles. The van der Waals surface area contributed by atoms with Crippen molar-refractivity contribution in [3.05, 3.63) is 65.5 Å². The summed E-state index contributed by atoms with van der Waals surface area (Å²) < 4.78 is 12.7. The van der Waals surface area contributed by atoms with E-state index >= 15 is 0 Å². The number of hydrogen-bond acceptors (Lipinski definition) is 3. The number of carbonyl (C=O) groups is 2. The van der Waals surface area contributed by atoms with Crippen LogP contribution in [0.5, 0.6) is 0 Å². The first-order chi connectivity index (χ1) is 10.6. The van der Waals surface area contributed by atoms with Gasteiger partial charge in [0.15, 0.2) is 0 Å². The molecule has 0 aliphatic carbocycles. The fourth-order valence-corrected chi connectivity index (χ4v) is 1.66. The van der Waals surface area contributed by atoms with Gasteiger partial charge < -0.3 is 5.32 Å². The summed E-state index contributed by atoms with van der Waals surface area (Å²) in [7, 11) is 0. The summed E-state index contributed by atoms with van der Waals surface area (Å²) in [5, 5.41) is 6.07. The lowest BCUT2D eigenvalue weighted by Crippen LogP contribution is -2.32. The Balaban J connectivity index is 1.90. The molecule has 0 bridgehead atoms. The molecule has 2 amide bonds. The quantitative estimate of drug-likeness (QED) is 0.518. The van der Waals surface area contributed by atoms with E-state index in [0.29, 0.717) is 5.69 Å². The Morgan fingerprint density at radius 1 is 1.05 bits per heavy atom. The second kappa shape index (κ2) is 7.12. The Hall–Kier alpha value is -3.02. The number of hydrogen-bond donors (Lipinski definition) is 2. The van der Waals surface area contributed by atoms with Crippen molar-refractivity contribution in [3.63, 3.8) is 0 Å². The number of nitrogens with one attached hydrogen (secondary N) is 2. The van der Waals surface area contributed by atoms with Crippen molar-refractivity contribution in [1.82, 2.24) is 5.43 Å². The minimum Gasteiger partial charge on any atom is -0.318 e. The van der Waals surface area contributed by atoms with Crippen LogP contribution < -0.4 is 10.7 Å². The van der Waals surface area contributed by atoms with Crippen LogP contribution >= 0.6 is 0 Å². The van der Waals surface area contributed by atoms with E-state index < -0.39 is 17.6 Å². The van der Waals surface area contributed by atoms with Crippen LogP contribution in [0, 0.1) is 12.7 Å². The molecule has 2 aromatic rings. The molecule has 0 aromatic heterocycles. The number of aryl methyl sites for hydroxylation is 1. The largest absolute Gasteiger partial charge is 0.329 e. The zero-order valence-corrected chi connectivity index (χ0v) is 11.8. The van der Waals surface area contributed by atoms with Crippen molar-refractivity contribution in [2.24, 2.45) is 5.10 Å². The van der Waals surface area contributed by atoms with Gasteiger partial charge in [0.2, 0.25) is 0 Å². The molecule has 0 atom stereocenters. The van der Waals surface area contributed by atoms with Crippen LogP contribution in [0.1, 0.15) is 11.1 Å². The average molecular weight is 299 g/mol. The van der Waals surface area contributed by atoms with Crippen molar-refractivity contribution in [2.45, 2.75) is 6.92 Å². The second-order valence-electron chi connectivity index (χ2n) is 4.52. The molecule has 0 aliphatic rings. The highest BCUT2D eigenvalue weighted by atomic mass is 19.1. The van der Waals surface area contributed by atoms with E-state index in [9.17, 15) is 14.0 Å². The van der Waals surface area contributed by atoms with Gasteiger partial charge in [0.25, 0.3) is 0 Å². The van der Waals surface area contributed by atoms with E-state index in [1.165, 1.54) is 30.5 Å². The van der Waals surface area contributed by atoms with Crippen LogP contribution in [0.3, 0.4) is 0 Å². The highest BCUT2D eigenvalue weighted by molar-refractivity contribution is 6.39. The van der Waals surface area contributed by atoms with E-state index in [0.717, 1.165) is 11.1 Å². The third-order valence-electron chi connectivity index (χ3n) is 2.87. The normalized spacial score (nSPS) is 10.5. The Morgan fingerprint density at radius 2 is 1.73 bits per heavy atom. The van der Waals surface area contributed by atoms with Gasteiger partial charge in [0.05, 0.1) is 6.21 Å². The van der Waals surface area contributed by atoms with Gasteiger partial charge in [-0.25, -0.2) is 9.82 Å². The number of rotatable bonds is 3. The molecule has 2 N–H and O–H groups in total. The number of benzene rings is 2. The molecule has 0 aliphatic heterocycles. The van der Waals surface area contributed by atoms with Crippen molar-refractivity contribution < 1.29 is 14.0 Å². The van der Waals surface area contributed by atoms with Crippen LogP contribution in [-0.4, -0.2) is 18.0 Å². The highest BCUT2D eigenvalue weighted by Gasteiger charge is 2.12.